The third kappa shape index (κ3) is 5.54. The first kappa shape index (κ1) is 24.4. The summed E-state index contributed by atoms with van der Waals surface area (Å²) in [7, 11) is 1.54. The van der Waals surface area contributed by atoms with Crippen molar-refractivity contribution >= 4 is 23.0 Å². The number of pyridine rings is 2. The monoisotopic (exact) mass is 457 g/mol. The van der Waals surface area contributed by atoms with Crippen molar-refractivity contribution in [2.24, 2.45) is 5.84 Å². The number of nitrogens with zero attached hydrogens (tertiary/aromatic N) is 4. The quantitative estimate of drug-likeness (QED) is 0.267. The smallest absolute Gasteiger partial charge is 0.255 e. The number of nitrogens with one attached hydrogen (secondary N) is 2. The molecule has 2 aromatic heterocycles. The van der Waals surface area contributed by atoms with Crippen molar-refractivity contribution < 1.29 is 9.53 Å². The number of anilines is 2. The van der Waals surface area contributed by atoms with Crippen molar-refractivity contribution in [1.82, 2.24) is 9.97 Å². The molecule has 0 spiro atoms. The van der Waals surface area contributed by atoms with Gasteiger partial charge < -0.3 is 20.5 Å². The van der Waals surface area contributed by atoms with Crippen LogP contribution in [0, 0.1) is 23.7 Å². The van der Waals surface area contributed by atoms with Gasteiger partial charge in [0.05, 0.1) is 60.3 Å². The van der Waals surface area contributed by atoms with Crippen molar-refractivity contribution in [3.63, 3.8) is 0 Å². The van der Waals surface area contributed by atoms with Crippen LogP contribution in [0.5, 0.6) is 5.75 Å². The SMILES string of the molecule is COc1cncc(C(=N)CN(N)c2cc(NC(=O)c3cccc(C(C)(C)C#N)c3)cnc2C)c1. The van der Waals surface area contributed by atoms with Crippen LogP contribution in [-0.4, -0.2) is 35.2 Å². The van der Waals surface area contributed by atoms with Gasteiger partial charge >= 0.3 is 0 Å². The van der Waals surface area contributed by atoms with E-state index >= 15 is 0 Å². The summed E-state index contributed by atoms with van der Waals surface area (Å²) in [5, 5.41) is 22.0. The fraction of sp³-hybridized carbons (Fsp3) is 0.240. The lowest BCUT2D eigenvalue weighted by Crippen LogP contribution is -2.37. The van der Waals surface area contributed by atoms with E-state index in [0.29, 0.717) is 33.9 Å². The van der Waals surface area contributed by atoms with Crippen LogP contribution in [0.25, 0.3) is 0 Å². The molecule has 3 rings (SSSR count). The minimum absolute atomic E-state index is 0.0973. The second kappa shape index (κ2) is 10.1. The minimum atomic E-state index is -0.711. The lowest BCUT2D eigenvalue weighted by molar-refractivity contribution is 0.102. The van der Waals surface area contributed by atoms with Gasteiger partial charge in [-0.1, -0.05) is 12.1 Å². The minimum Gasteiger partial charge on any atom is -0.495 e. The maximum Gasteiger partial charge on any atom is 0.255 e. The van der Waals surface area contributed by atoms with Gasteiger partial charge in [0.25, 0.3) is 5.91 Å². The molecule has 3 aromatic rings. The number of aryl methyl sites for hydroxylation is 1. The Morgan fingerprint density at radius 2 is 2.00 bits per heavy atom. The van der Waals surface area contributed by atoms with Gasteiger partial charge in [0.15, 0.2) is 0 Å². The number of hydrazine groups is 1. The van der Waals surface area contributed by atoms with Gasteiger partial charge in [-0.25, -0.2) is 5.84 Å². The molecule has 0 bridgehead atoms. The van der Waals surface area contributed by atoms with Crippen molar-refractivity contribution in [1.29, 1.82) is 10.7 Å². The van der Waals surface area contributed by atoms with Crippen LogP contribution in [-0.2, 0) is 5.41 Å². The third-order valence-corrected chi connectivity index (χ3v) is 5.38. The highest BCUT2D eigenvalue weighted by Gasteiger charge is 2.21. The molecule has 1 amide bonds. The number of hydrogen-bond donors (Lipinski definition) is 3. The summed E-state index contributed by atoms with van der Waals surface area (Å²) < 4.78 is 5.17. The van der Waals surface area contributed by atoms with Gasteiger partial charge in [0.1, 0.15) is 5.75 Å². The Morgan fingerprint density at radius 3 is 2.71 bits per heavy atom. The third-order valence-electron chi connectivity index (χ3n) is 5.38. The molecule has 0 saturated heterocycles. The average Bonchev–Trinajstić information content (AvgIpc) is 2.85. The summed E-state index contributed by atoms with van der Waals surface area (Å²) in [5.74, 6) is 6.48. The molecule has 0 fully saturated rings. The fourth-order valence-corrected chi connectivity index (χ4v) is 3.24. The van der Waals surface area contributed by atoms with Crippen molar-refractivity contribution in [3.8, 4) is 11.8 Å². The van der Waals surface area contributed by atoms with Crippen LogP contribution in [0.15, 0.2) is 55.0 Å². The molecular formula is C25H27N7O2. The Kier molecular flexibility index (Phi) is 7.24. The first-order valence-electron chi connectivity index (χ1n) is 10.5. The van der Waals surface area contributed by atoms with Gasteiger partial charge in [-0.3, -0.25) is 14.8 Å². The van der Waals surface area contributed by atoms with Gasteiger partial charge in [-0.15, -0.1) is 0 Å². The Labute approximate surface area is 198 Å². The fourth-order valence-electron chi connectivity index (χ4n) is 3.24. The standard InChI is InChI=1S/C25H27N7O2/c1-16-23(32(28)14-22(27)18-9-21(34-4)13-29-11-18)10-20(12-30-16)31-24(33)17-6-5-7-19(8-17)25(2,3)15-26/h5-13,27H,14,28H2,1-4H3,(H,31,33). The van der Waals surface area contributed by atoms with Gasteiger partial charge in [0, 0.05) is 17.3 Å². The molecule has 34 heavy (non-hydrogen) atoms. The highest BCUT2D eigenvalue weighted by Crippen LogP contribution is 2.24. The van der Waals surface area contributed by atoms with E-state index in [1.165, 1.54) is 12.1 Å². The zero-order valence-electron chi connectivity index (χ0n) is 19.6. The normalized spacial score (nSPS) is 10.8. The molecule has 0 aliphatic rings. The van der Waals surface area contributed by atoms with E-state index < -0.39 is 5.41 Å². The number of benzene rings is 1. The van der Waals surface area contributed by atoms with E-state index in [9.17, 15) is 10.1 Å². The zero-order chi connectivity index (χ0) is 24.9. The van der Waals surface area contributed by atoms with E-state index in [4.69, 9.17) is 16.0 Å². The molecule has 0 atom stereocenters. The number of carbonyl (C=O) groups excluding carboxylic acids is 1. The number of rotatable bonds is 8. The maximum absolute atomic E-state index is 12.9. The van der Waals surface area contributed by atoms with Crippen LogP contribution >= 0.6 is 0 Å². The molecule has 2 heterocycles. The van der Waals surface area contributed by atoms with Crippen LogP contribution in [0.1, 0.15) is 41.0 Å². The highest BCUT2D eigenvalue weighted by atomic mass is 16.5. The number of ether oxygens (including phenoxy) is 1. The number of methoxy groups -OCH3 is 1. The van der Waals surface area contributed by atoms with E-state index in [1.54, 1.807) is 69.7 Å². The molecule has 9 nitrogen and oxygen atoms in total. The average molecular weight is 458 g/mol. The van der Waals surface area contributed by atoms with E-state index in [0.717, 1.165) is 5.56 Å². The van der Waals surface area contributed by atoms with Crippen molar-refractivity contribution in [2.45, 2.75) is 26.2 Å². The van der Waals surface area contributed by atoms with Crippen molar-refractivity contribution in [3.05, 3.63) is 77.4 Å². The Bertz CT molecular complexity index is 1260. The topological polar surface area (TPSA) is 141 Å². The molecule has 1 aromatic carbocycles. The first-order valence-corrected chi connectivity index (χ1v) is 10.5. The van der Waals surface area contributed by atoms with Gasteiger partial charge in [0.2, 0.25) is 0 Å². The molecule has 0 aliphatic carbocycles. The van der Waals surface area contributed by atoms with Gasteiger partial charge in [-0.05, 0) is 50.6 Å². The molecule has 0 unspecified atom stereocenters. The summed E-state index contributed by atoms with van der Waals surface area (Å²) in [6.45, 7) is 5.50. The van der Waals surface area contributed by atoms with Crippen LogP contribution in [0.4, 0.5) is 11.4 Å². The summed E-state index contributed by atoms with van der Waals surface area (Å²) in [6, 6.07) is 12.6. The van der Waals surface area contributed by atoms with Crippen LogP contribution in [0.3, 0.4) is 0 Å². The van der Waals surface area contributed by atoms with E-state index in [1.807, 2.05) is 6.07 Å². The predicted octanol–water partition coefficient (Wildman–Crippen LogP) is 3.60. The maximum atomic E-state index is 12.9. The number of carbonyl (C=O) groups is 1. The molecule has 0 aliphatic heterocycles. The van der Waals surface area contributed by atoms with Crippen LogP contribution in [0.2, 0.25) is 0 Å². The second-order valence-electron chi connectivity index (χ2n) is 8.32. The first-order chi connectivity index (χ1) is 16.1. The molecule has 4 N–H and O–H groups in total. The molecule has 0 saturated carbocycles. The molecule has 9 heteroatoms. The van der Waals surface area contributed by atoms with Crippen LogP contribution < -0.4 is 20.9 Å². The number of nitrogens with two attached hydrogens (primary N) is 1. The van der Waals surface area contributed by atoms with Crippen molar-refractivity contribution in [2.75, 3.05) is 24.0 Å². The molecule has 0 radical (unpaired) electrons. The lowest BCUT2D eigenvalue weighted by atomic mass is 9.85. The van der Waals surface area contributed by atoms with E-state index in [2.05, 4.69) is 21.4 Å². The summed E-state index contributed by atoms with van der Waals surface area (Å²) in [4.78, 5) is 21.3. The Morgan fingerprint density at radius 1 is 1.24 bits per heavy atom. The summed E-state index contributed by atoms with van der Waals surface area (Å²) >= 11 is 0. The summed E-state index contributed by atoms with van der Waals surface area (Å²) in [6.07, 6.45) is 4.68. The summed E-state index contributed by atoms with van der Waals surface area (Å²) in [5.41, 5.74) is 2.99. The highest BCUT2D eigenvalue weighted by molar-refractivity contribution is 6.05. The largest absolute Gasteiger partial charge is 0.495 e. The molecular weight excluding hydrogens is 430 g/mol. The zero-order valence-corrected chi connectivity index (χ0v) is 19.6. The number of amides is 1. The second-order valence-corrected chi connectivity index (χ2v) is 8.32. The predicted molar refractivity (Wildman–Crippen MR) is 131 cm³/mol. The number of aromatic nitrogens is 2. The lowest BCUT2D eigenvalue weighted by Gasteiger charge is -2.21. The van der Waals surface area contributed by atoms with E-state index in [-0.39, 0.29) is 18.2 Å². The number of hydrogen-bond acceptors (Lipinski definition) is 8. The molecule has 174 valence electrons. The van der Waals surface area contributed by atoms with Gasteiger partial charge in [-0.2, -0.15) is 5.26 Å². The Hall–Kier alpha value is -4.29. The number of nitriles is 1. The Balaban J connectivity index is 1.77.